The summed E-state index contributed by atoms with van der Waals surface area (Å²) in [6, 6.07) is 4.26. The molecule has 1 aromatic rings. The van der Waals surface area contributed by atoms with Gasteiger partial charge in [0.05, 0.1) is 12.4 Å². The van der Waals surface area contributed by atoms with Gasteiger partial charge in [0.1, 0.15) is 0 Å². The number of amidine groups is 1. The van der Waals surface area contributed by atoms with Crippen LogP contribution in [0.5, 0.6) is 0 Å². The molecule has 94 valence electrons. The van der Waals surface area contributed by atoms with Crippen molar-refractivity contribution >= 4 is 17.2 Å². The quantitative estimate of drug-likeness (QED) is 0.631. The van der Waals surface area contributed by atoms with E-state index in [4.69, 9.17) is 5.41 Å². The van der Waals surface area contributed by atoms with Crippen LogP contribution in [0.3, 0.4) is 0 Å². The van der Waals surface area contributed by atoms with Crippen molar-refractivity contribution in [1.82, 2.24) is 4.90 Å². The molecular formula is C14H22N2S. The van der Waals surface area contributed by atoms with Gasteiger partial charge in [-0.05, 0) is 31.2 Å². The number of nitrogens with one attached hydrogen (secondary N) is 1. The molecule has 2 nitrogen and oxygen atoms in total. The highest BCUT2D eigenvalue weighted by atomic mass is 32.1. The van der Waals surface area contributed by atoms with Gasteiger partial charge in [-0.2, -0.15) is 0 Å². The summed E-state index contributed by atoms with van der Waals surface area (Å²) in [6.07, 6.45) is 6.42. The molecule has 0 aromatic carbocycles. The molecule has 1 aliphatic carbocycles. The molecule has 1 N–H and O–H groups in total. The molecule has 0 atom stereocenters. The standard InChI is InChI=1S/C14H22N2S/c1-2-16(11-13-9-6-10-17-13)14(15)12-7-4-3-5-8-12/h6,9-10,12,15H,2-5,7-8,11H2,1H3. The van der Waals surface area contributed by atoms with E-state index in [-0.39, 0.29) is 0 Å². The van der Waals surface area contributed by atoms with Crippen molar-refractivity contribution in [2.45, 2.75) is 45.6 Å². The van der Waals surface area contributed by atoms with E-state index in [9.17, 15) is 0 Å². The maximum Gasteiger partial charge on any atom is 0.0992 e. The SMILES string of the molecule is CCN(Cc1cccs1)C(=N)C1CCCCC1. The molecule has 0 radical (unpaired) electrons. The Labute approximate surface area is 108 Å². The third-order valence-electron chi connectivity index (χ3n) is 3.64. The van der Waals surface area contributed by atoms with E-state index >= 15 is 0 Å². The van der Waals surface area contributed by atoms with Crippen LogP contribution in [0.1, 0.15) is 43.9 Å². The zero-order chi connectivity index (χ0) is 12.1. The lowest BCUT2D eigenvalue weighted by Gasteiger charge is -2.31. The van der Waals surface area contributed by atoms with Crippen molar-refractivity contribution in [3.8, 4) is 0 Å². The first-order valence-electron chi connectivity index (χ1n) is 6.67. The fraction of sp³-hybridized carbons (Fsp3) is 0.643. The first-order chi connectivity index (χ1) is 8.31. The number of rotatable bonds is 4. The molecule has 2 rings (SSSR count). The summed E-state index contributed by atoms with van der Waals surface area (Å²) in [5.74, 6) is 1.39. The third kappa shape index (κ3) is 3.32. The van der Waals surface area contributed by atoms with Gasteiger partial charge < -0.3 is 4.90 Å². The van der Waals surface area contributed by atoms with Gasteiger partial charge in [-0.15, -0.1) is 11.3 Å². The van der Waals surface area contributed by atoms with Gasteiger partial charge in [0.2, 0.25) is 0 Å². The van der Waals surface area contributed by atoms with Gasteiger partial charge in [0.25, 0.3) is 0 Å². The average molecular weight is 250 g/mol. The van der Waals surface area contributed by atoms with Crippen LogP contribution >= 0.6 is 11.3 Å². The van der Waals surface area contributed by atoms with Crippen molar-refractivity contribution in [2.75, 3.05) is 6.54 Å². The number of hydrogen-bond acceptors (Lipinski definition) is 2. The van der Waals surface area contributed by atoms with Crippen LogP contribution < -0.4 is 0 Å². The molecule has 0 aliphatic heterocycles. The van der Waals surface area contributed by atoms with Crippen LogP contribution in [-0.4, -0.2) is 17.3 Å². The number of hydrogen-bond donors (Lipinski definition) is 1. The number of nitrogens with zero attached hydrogens (tertiary/aromatic N) is 1. The van der Waals surface area contributed by atoms with Gasteiger partial charge in [-0.25, -0.2) is 0 Å². The van der Waals surface area contributed by atoms with Gasteiger partial charge in [-0.1, -0.05) is 25.3 Å². The van der Waals surface area contributed by atoms with Crippen molar-refractivity contribution in [3.63, 3.8) is 0 Å². The molecule has 1 aliphatic rings. The second kappa shape index (κ2) is 6.20. The molecular weight excluding hydrogens is 228 g/mol. The van der Waals surface area contributed by atoms with Gasteiger partial charge in [0.15, 0.2) is 0 Å². The minimum atomic E-state index is 0.517. The highest BCUT2D eigenvalue weighted by Crippen LogP contribution is 2.26. The minimum Gasteiger partial charge on any atom is -0.355 e. The van der Waals surface area contributed by atoms with Crippen LogP contribution in [0.2, 0.25) is 0 Å². The van der Waals surface area contributed by atoms with Crippen LogP contribution in [0, 0.1) is 11.3 Å². The van der Waals surface area contributed by atoms with Crippen molar-refractivity contribution in [3.05, 3.63) is 22.4 Å². The summed E-state index contributed by atoms with van der Waals surface area (Å²) in [5.41, 5.74) is 0. The Bertz CT molecular complexity index is 339. The molecule has 0 saturated heterocycles. The lowest BCUT2D eigenvalue weighted by atomic mass is 9.88. The summed E-state index contributed by atoms with van der Waals surface area (Å²) >= 11 is 1.79. The molecule has 1 saturated carbocycles. The topological polar surface area (TPSA) is 27.1 Å². The van der Waals surface area contributed by atoms with Crippen LogP contribution in [0.4, 0.5) is 0 Å². The third-order valence-corrected chi connectivity index (χ3v) is 4.50. The fourth-order valence-electron chi connectivity index (χ4n) is 2.59. The molecule has 1 heterocycles. The Kier molecular flexibility index (Phi) is 4.60. The average Bonchev–Trinajstić information content (AvgIpc) is 2.89. The van der Waals surface area contributed by atoms with E-state index < -0.39 is 0 Å². The molecule has 0 amide bonds. The Morgan fingerprint density at radius 3 is 2.76 bits per heavy atom. The lowest BCUT2D eigenvalue weighted by Crippen LogP contribution is -2.35. The molecule has 1 fully saturated rings. The van der Waals surface area contributed by atoms with Gasteiger partial charge >= 0.3 is 0 Å². The molecule has 0 unspecified atom stereocenters. The highest BCUT2D eigenvalue weighted by molar-refractivity contribution is 7.09. The summed E-state index contributed by atoms with van der Waals surface area (Å²) in [5, 5.41) is 10.5. The number of thiophene rings is 1. The van der Waals surface area contributed by atoms with E-state index in [1.807, 2.05) is 0 Å². The van der Waals surface area contributed by atoms with Gasteiger partial charge in [-0.3, -0.25) is 5.41 Å². The highest BCUT2D eigenvalue weighted by Gasteiger charge is 2.22. The first-order valence-corrected chi connectivity index (χ1v) is 7.55. The minimum absolute atomic E-state index is 0.517. The second-order valence-electron chi connectivity index (χ2n) is 4.81. The molecule has 1 aromatic heterocycles. The zero-order valence-electron chi connectivity index (χ0n) is 10.6. The van der Waals surface area contributed by atoms with E-state index in [0.29, 0.717) is 5.92 Å². The summed E-state index contributed by atoms with van der Waals surface area (Å²) in [7, 11) is 0. The Morgan fingerprint density at radius 2 is 2.18 bits per heavy atom. The lowest BCUT2D eigenvalue weighted by molar-refractivity contribution is 0.359. The fourth-order valence-corrected chi connectivity index (χ4v) is 3.31. The Hall–Kier alpha value is -0.830. The first kappa shape index (κ1) is 12.6. The van der Waals surface area contributed by atoms with E-state index in [1.165, 1.54) is 37.0 Å². The zero-order valence-corrected chi connectivity index (χ0v) is 11.4. The summed E-state index contributed by atoms with van der Waals surface area (Å²) in [6.45, 7) is 4.03. The molecule has 3 heteroatoms. The van der Waals surface area contributed by atoms with Crippen LogP contribution in [-0.2, 0) is 6.54 Å². The summed E-state index contributed by atoms with van der Waals surface area (Å²) < 4.78 is 0. The predicted octanol–water partition coefficient (Wildman–Crippen LogP) is 4.13. The van der Waals surface area contributed by atoms with E-state index in [1.54, 1.807) is 11.3 Å². The summed E-state index contributed by atoms with van der Waals surface area (Å²) in [4.78, 5) is 3.61. The maximum atomic E-state index is 8.37. The van der Waals surface area contributed by atoms with E-state index in [2.05, 4.69) is 29.3 Å². The smallest absolute Gasteiger partial charge is 0.0992 e. The van der Waals surface area contributed by atoms with Crippen molar-refractivity contribution < 1.29 is 0 Å². The predicted molar refractivity (Wildman–Crippen MR) is 74.7 cm³/mol. The van der Waals surface area contributed by atoms with E-state index in [0.717, 1.165) is 18.9 Å². The molecule has 0 bridgehead atoms. The maximum absolute atomic E-state index is 8.37. The van der Waals surface area contributed by atoms with Crippen molar-refractivity contribution in [1.29, 1.82) is 5.41 Å². The normalized spacial score (nSPS) is 17.0. The molecule has 17 heavy (non-hydrogen) atoms. The Morgan fingerprint density at radius 1 is 1.41 bits per heavy atom. The van der Waals surface area contributed by atoms with Crippen molar-refractivity contribution in [2.24, 2.45) is 5.92 Å². The Balaban J connectivity index is 1.94. The monoisotopic (exact) mass is 250 g/mol. The van der Waals surface area contributed by atoms with Crippen LogP contribution in [0.25, 0.3) is 0 Å². The van der Waals surface area contributed by atoms with Gasteiger partial charge in [0, 0.05) is 17.3 Å². The molecule has 0 spiro atoms. The largest absolute Gasteiger partial charge is 0.355 e. The van der Waals surface area contributed by atoms with Crippen LogP contribution in [0.15, 0.2) is 17.5 Å². The second-order valence-corrected chi connectivity index (χ2v) is 5.85.